The average Bonchev–Trinajstić information content (AvgIpc) is 2.29. The van der Waals surface area contributed by atoms with Crippen LogP contribution in [0, 0.1) is 5.82 Å². The van der Waals surface area contributed by atoms with Crippen LogP contribution in [0.5, 0.6) is 0 Å². The molecule has 0 saturated heterocycles. The molecule has 0 saturated carbocycles. The summed E-state index contributed by atoms with van der Waals surface area (Å²) >= 11 is 1.11. The lowest BCUT2D eigenvalue weighted by Crippen LogP contribution is -2.12. The molecule has 0 aliphatic heterocycles. The molecule has 2 nitrogen and oxygen atoms in total. The minimum atomic E-state index is -1.07. The van der Waals surface area contributed by atoms with Crippen molar-refractivity contribution in [3.8, 4) is 0 Å². The Hall–Kier alpha value is -0.390. The highest BCUT2D eigenvalue weighted by atomic mass is 32.2. The van der Waals surface area contributed by atoms with Crippen molar-refractivity contribution in [3.05, 3.63) is 16.8 Å². The third-order valence-electron chi connectivity index (χ3n) is 1.33. The Morgan fingerprint density at radius 1 is 1.67 bits per heavy atom. The molecule has 0 unspecified atom stereocenters. The molecule has 5 heteroatoms. The van der Waals surface area contributed by atoms with Crippen LogP contribution >= 0.6 is 11.3 Å². The first-order chi connectivity index (χ1) is 5.45. The van der Waals surface area contributed by atoms with Crippen molar-refractivity contribution in [1.82, 2.24) is 0 Å². The monoisotopic (exact) mass is 207 g/mol. The van der Waals surface area contributed by atoms with Crippen molar-refractivity contribution >= 4 is 23.0 Å². The summed E-state index contributed by atoms with van der Waals surface area (Å²) in [7, 11) is 0. The van der Waals surface area contributed by atoms with Crippen LogP contribution in [-0.2, 0) is 21.5 Å². The van der Waals surface area contributed by atoms with Crippen molar-refractivity contribution in [1.29, 1.82) is 0 Å². The van der Waals surface area contributed by atoms with Gasteiger partial charge in [-0.3, -0.25) is 0 Å². The van der Waals surface area contributed by atoms with Gasteiger partial charge >= 0.3 is 15.9 Å². The third-order valence-corrected chi connectivity index (χ3v) is 3.35. The molecule has 1 aromatic rings. The maximum absolute atomic E-state index is 12.8. The fraction of sp³-hybridized carbons (Fsp3) is 0.429. The maximum atomic E-state index is 12.8. The van der Waals surface area contributed by atoms with E-state index in [4.69, 9.17) is 0 Å². The standard InChI is InChI=1S/C7H8FO2S2/c1-7(2,9)5-3-4(8)6(11-5)12-10/h3,9H,1-2H3/q+1. The Bertz CT molecular complexity index is 301. The zero-order valence-electron chi connectivity index (χ0n) is 6.63. The van der Waals surface area contributed by atoms with E-state index in [2.05, 4.69) is 0 Å². The van der Waals surface area contributed by atoms with Gasteiger partial charge in [0.1, 0.15) is 0 Å². The van der Waals surface area contributed by atoms with Crippen LogP contribution in [-0.4, -0.2) is 5.11 Å². The van der Waals surface area contributed by atoms with Gasteiger partial charge < -0.3 is 5.11 Å². The van der Waals surface area contributed by atoms with E-state index in [1.165, 1.54) is 6.07 Å². The molecule has 0 radical (unpaired) electrons. The summed E-state index contributed by atoms with van der Waals surface area (Å²) in [4.78, 5) is 0.471. The Kier molecular flexibility index (Phi) is 2.55. The lowest BCUT2D eigenvalue weighted by atomic mass is 10.1. The summed E-state index contributed by atoms with van der Waals surface area (Å²) in [6, 6.07) is 1.20. The van der Waals surface area contributed by atoms with E-state index in [1.807, 2.05) is 0 Å². The lowest BCUT2D eigenvalue weighted by Gasteiger charge is -2.12. The minimum Gasteiger partial charge on any atom is -0.385 e. The number of rotatable bonds is 2. The van der Waals surface area contributed by atoms with Gasteiger partial charge in [0.05, 0.1) is 5.60 Å². The van der Waals surface area contributed by atoms with E-state index in [9.17, 15) is 13.7 Å². The molecule has 0 amide bonds. The van der Waals surface area contributed by atoms with E-state index in [0.717, 1.165) is 11.3 Å². The molecule has 1 heterocycles. The summed E-state index contributed by atoms with van der Waals surface area (Å²) in [5.41, 5.74) is -1.07. The van der Waals surface area contributed by atoms with Crippen LogP contribution in [0.3, 0.4) is 0 Å². The molecule has 0 aliphatic rings. The highest BCUT2D eigenvalue weighted by Gasteiger charge is 2.27. The van der Waals surface area contributed by atoms with Crippen LogP contribution in [0.2, 0.25) is 0 Å². The second kappa shape index (κ2) is 3.16. The smallest absolute Gasteiger partial charge is 0.385 e. The predicted molar refractivity (Wildman–Crippen MR) is 45.8 cm³/mol. The number of thiophene rings is 1. The van der Waals surface area contributed by atoms with Gasteiger partial charge in [-0.05, 0) is 19.9 Å². The van der Waals surface area contributed by atoms with E-state index in [1.54, 1.807) is 13.8 Å². The Morgan fingerprint density at radius 2 is 2.25 bits per heavy atom. The van der Waals surface area contributed by atoms with Gasteiger partial charge in [0.2, 0.25) is 5.82 Å². The van der Waals surface area contributed by atoms with Crippen LogP contribution in [0.1, 0.15) is 18.7 Å². The minimum absolute atomic E-state index is 0.0760. The molecule has 0 spiro atoms. The topological polar surface area (TPSA) is 37.3 Å². The molecule has 0 aromatic carbocycles. The van der Waals surface area contributed by atoms with Crippen LogP contribution in [0.4, 0.5) is 4.39 Å². The van der Waals surface area contributed by atoms with Crippen molar-refractivity contribution in [2.75, 3.05) is 0 Å². The van der Waals surface area contributed by atoms with Crippen molar-refractivity contribution < 1.29 is 13.7 Å². The number of hydrogen-bond donors (Lipinski definition) is 1. The largest absolute Gasteiger partial charge is 0.520 e. The number of hydrogen-bond acceptors (Lipinski definition) is 3. The molecule has 0 bridgehead atoms. The van der Waals surface area contributed by atoms with Gasteiger partial charge in [-0.25, -0.2) is 0 Å². The third kappa shape index (κ3) is 1.85. The SMILES string of the molecule is CC(C)(O)c1cc(F)c([S+]=O)s1. The predicted octanol–water partition coefficient (Wildman–Crippen LogP) is 1.90. The highest BCUT2D eigenvalue weighted by Crippen LogP contribution is 2.30. The summed E-state index contributed by atoms with van der Waals surface area (Å²) in [6.45, 7) is 3.11. The first-order valence-electron chi connectivity index (χ1n) is 3.27. The molecule has 0 atom stereocenters. The zero-order valence-corrected chi connectivity index (χ0v) is 8.26. The fourth-order valence-electron chi connectivity index (χ4n) is 0.710. The Balaban J connectivity index is 3.13. The van der Waals surface area contributed by atoms with Crippen LogP contribution < -0.4 is 0 Å². The molecule has 12 heavy (non-hydrogen) atoms. The number of aliphatic hydroxyl groups is 1. The molecule has 0 aliphatic carbocycles. The molecule has 0 fully saturated rings. The van der Waals surface area contributed by atoms with E-state index in [0.29, 0.717) is 4.88 Å². The molecule has 1 rings (SSSR count). The summed E-state index contributed by atoms with van der Waals surface area (Å²) in [6.07, 6.45) is 0. The second-order valence-corrected chi connectivity index (χ2v) is 4.77. The normalized spacial score (nSPS) is 11.7. The van der Waals surface area contributed by atoms with Crippen molar-refractivity contribution in [3.63, 3.8) is 0 Å². The van der Waals surface area contributed by atoms with Gasteiger partial charge in [0.25, 0.3) is 0 Å². The van der Waals surface area contributed by atoms with Gasteiger partial charge in [-0.2, -0.15) is 4.39 Å². The van der Waals surface area contributed by atoms with Crippen LogP contribution in [0.25, 0.3) is 0 Å². The van der Waals surface area contributed by atoms with E-state index in [-0.39, 0.29) is 15.9 Å². The van der Waals surface area contributed by atoms with Gasteiger partial charge in [-0.15, -0.1) is 0 Å². The molecule has 66 valence electrons. The van der Waals surface area contributed by atoms with E-state index >= 15 is 0 Å². The van der Waals surface area contributed by atoms with Gasteiger partial charge in [0, 0.05) is 9.09 Å². The first kappa shape index (κ1) is 9.70. The van der Waals surface area contributed by atoms with Gasteiger partial charge in [0.15, 0.2) is 0 Å². The Morgan fingerprint density at radius 3 is 2.50 bits per heavy atom. The fourth-order valence-corrected chi connectivity index (χ4v) is 2.02. The molecule has 1 aromatic heterocycles. The van der Waals surface area contributed by atoms with Crippen LogP contribution in [0.15, 0.2) is 10.3 Å². The highest BCUT2D eigenvalue weighted by molar-refractivity contribution is 7.69. The van der Waals surface area contributed by atoms with Crippen molar-refractivity contribution in [2.24, 2.45) is 0 Å². The molecule has 1 N–H and O–H groups in total. The maximum Gasteiger partial charge on any atom is 0.520 e. The number of halogens is 1. The average molecular weight is 207 g/mol. The molecular weight excluding hydrogens is 199 g/mol. The first-order valence-corrected chi connectivity index (χ1v) is 4.83. The quantitative estimate of drug-likeness (QED) is 0.752. The zero-order chi connectivity index (χ0) is 9.35. The second-order valence-electron chi connectivity index (χ2n) is 2.89. The van der Waals surface area contributed by atoms with Crippen molar-refractivity contribution in [2.45, 2.75) is 23.7 Å². The van der Waals surface area contributed by atoms with E-state index < -0.39 is 11.4 Å². The summed E-state index contributed by atoms with van der Waals surface area (Å²) in [5.74, 6) is -0.544. The lowest BCUT2D eigenvalue weighted by molar-refractivity contribution is 0.0823. The Labute approximate surface area is 77.5 Å². The summed E-state index contributed by atoms with van der Waals surface area (Å²) in [5, 5.41) is 9.45. The summed E-state index contributed by atoms with van der Waals surface area (Å²) < 4.78 is 23.2. The molecular formula is C7H8FO2S2+. The van der Waals surface area contributed by atoms with Gasteiger partial charge in [-0.1, -0.05) is 11.3 Å².